The lowest BCUT2D eigenvalue weighted by atomic mass is 10.2. The maximum atomic E-state index is 12.7. The van der Waals surface area contributed by atoms with Crippen LogP contribution in [0.25, 0.3) is 0 Å². The fourth-order valence-electron chi connectivity index (χ4n) is 2.46. The molecule has 1 aromatic heterocycles. The van der Waals surface area contributed by atoms with Crippen molar-refractivity contribution in [2.45, 2.75) is 6.92 Å². The summed E-state index contributed by atoms with van der Waals surface area (Å²) in [6, 6.07) is 18.6. The van der Waals surface area contributed by atoms with Gasteiger partial charge in [-0.15, -0.1) is 0 Å². The Morgan fingerprint density at radius 3 is 2.60 bits per heavy atom. The number of aryl methyl sites for hydroxylation is 1. The van der Waals surface area contributed by atoms with Gasteiger partial charge in [0.2, 0.25) is 0 Å². The van der Waals surface area contributed by atoms with E-state index in [1.807, 2.05) is 55.5 Å². The quantitative estimate of drug-likeness (QED) is 0.714. The summed E-state index contributed by atoms with van der Waals surface area (Å²) < 4.78 is 0. The van der Waals surface area contributed by atoms with Crippen LogP contribution in [0, 0.1) is 6.92 Å². The molecule has 3 rings (SSSR count). The molecule has 0 spiro atoms. The number of aromatic nitrogens is 1. The molecule has 0 saturated heterocycles. The average Bonchev–Trinajstić information content (AvgIpc) is 2.64. The van der Waals surface area contributed by atoms with E-state index < -0.39 is 0 Å². The molecular weight excluding hydrogens is 334 g/mol. The van der Waals surface area contributed by atoms with Gasteiger partial charge in [-0.1, -0.05) is 35.9 Å². The molecule has 4 nitrogen and oxygen atoms in total. The zero-order valence-electron chi connectivity index (χ0n) is 14.0. The molecule has 0 atom stereocenters. The third kappa shape index (κ3) is 3.98. The van der Waals surface area contributed by atoms with E-state index in [4.69, 9.17) is 11.6 Å². The van der Waals surface area contributed by atoms with E-state index >= 15 is 0 Å². The lowest BCUT2D eigenvalue weighted by Crippen LogP contribution is -2.26. The molecule has 2 aromatic carbocycles. The first-order valence-electron chi connectivity index (χ1n) is 7.87. The van der Waals surface area contributed by atoms with Crippen molar-refractivity contribution in [1.29, 1.82) is 0 Å². The van der Waals surface area contributed by atoms with Crippen LogP contribution in [0.3, 0.4) is 0 Å². The van der Waals surface area contributed by atoms with Crippen molar-refractivity contribution in [2.24, 2.45) is 0 Å². The molecule has 1 N–H and O–H groups in total. The third-order valence-corrected chi connectivity index (χ3v) is 4.15. The first-order chi connectivity index (χ1) is 12.0. The number of para-hydroxylation sites is 1. The van der Waals surface area contributed by atoms with Gasteiger partial charge >= 0.3 is 0 Å². The lowest BCUT2D eigenvalue weighted by molar-refractivity contribution is 0.0993. The smallest absolute Gasteiger partial charge is 0.258 e. The summed E-state index contributed by atoms with van der Waals surface area (Å²) in [7, 11) is 1.76. The number of carbonyl (C=O) groups is 1. The summed E-state index contributed by atoms with van der Waals surface area (Å²) in [5.41, 5.74) is 3.30. The van der Waals surface area contributed by atoms with Crippen molar-refractivity contribution in [3.8, 4) is 0 Å². The number of amides is 1. The van der Waals surface area contributed by atoms with Gasteiger partial charge in [-0.3, -0.25) is 4.79 Å². The Bertz CT molecular complexity index is 896. The number of pyridine rings is 1. The van der Waals surface area contributed by atoms with Crippen LogP contribution >= 0.6 is 11.6 Å². The average molecular weight is 352 g/mol. The Kier molecular flexibility index (Phi) is 5.00. The summed E-state index contributed by atoms with van der Waals surface area (Å²) in [6.07, 6.45) is 1.62. The fraction of sp³-hybridized carbons (Fsp3) is 0.100. The topological polar surface area (TPSA) is 45.2 Å². The van der Waals surface area contributed by atoms with Crippen LogP contribution < -0.4 is 10.2 Å². The van der Waals surface area contributed by atoms with Crippen molar-refractivity contribution in [3.63, 3.8) is 0 Å². The number of benzene rings is 2. The molecule has 0 aliphatic rings. The molecule has 0 aliphatic heterocycles. The van der Waals surface area contributed by atoms with E-state index in [9.17, 15) is 4.79 Å². The zero-order valence-corrected chi connectivity index (χ0v) is 14.8. The summed E-state index contributed by atoms with van der Waals surface area (Å²) >= 11 is 6.05. The van der Waals surface area contributed by atoms with Crippen LogP contribution in [0.1, 0.15) is 15.9 Å². The number of nitrogens with one attached hydrogen (secondary N) is 1. The Morgan fingerprint density at radius 1 is 1.08 bits per heavy atom. The SMILES string of the molecule is Cc1ccc(Cl)cc1Nc1cc(C(=O)N(C)c2ccccc2)ccn1. The normalized spacial score (nSPS) is 10.4. The molecular formula is C20H18ClN3O. The standard InChI is InChI=1S/C20H18ClN3O/c1-14-8-9-16(21)13-18(14)23-19-12-15(10-11-22-19)20(25)24(2)17-6-4-3-5-7-17/h3-13H,1-2H3,(H,22,23). The molecule has 5 heteroatoms. The predicted octanol–water partition coefficient (Wildman–Crippen LogP) is 5.06. The third-order valence-electron chi connectivity index (χ3n) is 3.92. The Balaban J connectivity index is 1.84. The monoisotopic (exact) mass is 351 g/mol. The van der Waals surface area contributed by atoms with Gasteiger partial charge in [0, 0.05) is 35.2 Å². The largest absolute Gasteiger partial charge is 0.340 e. The highest BCUT2D eigenvalue weighted by molar-refractivity contribution is 6.30. The minimum Gasteiger partial charge on any atom is -0.340 e. The number of halogens is 1. The van der Waals surface area contributed by atoms with Gasteiger partial charge in [-0.05, 0) is 48.9 Å². The fourth-order valence-corrected chi connectivity index (χ4v) is 2.63. The number of hydrogen-bond donors (Lipinski definition) is 1. The highest BCUT2D eigenvalue weighted by Gasteiger charge is 2.14. The maximum Gasteiger partial charge on any atom is 0.258 e. The molecule has 3 aromatic rings. The molecule has 1 amide bonds. The van der Waals surface area contributed by atoms with Crippen LogP contribution in [0.2, 0.25) is 5.02 Å². The maximum absolute atomic E-state index is 12.7. The zero-order chi connectivity index (χ0) is 17.8. The number of nitrogens with zero attached hydrogens (tertiary/aromatic N) is 2. The Morgan fingerprint density at radius 2 is 1.84 bits per heavy atom. The molecule has 0 radical (unpaired) electrons. The van der Waals surface area contributed by atoms with Gasteiger partial charge in [0.25, 0.3) is 5.91 Å². The molecule has 0 unspecified atom stereocenters. The van der Waals surface area contributed by atoms with E-state index in [2.05, 4.69) is 10.3 Å². The van der Waals surface area contributed by atoms with E-state index in [1.165, 1.54) is 0 Å². The summed E-state index contributed by atoms with van der Waals surface area (Å²) in [4.78, 5) is 18.6. The van der Waals surface area contributed by atoms with E-state index in [1.54, 1.807) is 30.3 Å². The van der Waals surface area contributed by atoms with Crippen LogP contribution in [0.4, 0.5) is 17.2 Å². The van der Waals surface area contributed by atoms with Gasteiger partial charge in [0.05, 0.1) is 0 Å². The van der Waals surface area contributed by atoms with Crippen molar-refractivity contribution in [2.75, 3.05) is 17.3 Å². The van der Waals surface area contributed by atoms with Gasteiger partial charge in [0.15, 0.2) is 0 Å². The second kappa shape index (κ2) is 7.36. The second-order valence-corrected chi connectivity index (χ2v) is 6.15. The highest BCUT2D eigenvalue weighted by Crippen LogP contribution is 2.24. The molecule has 126 valence electrons. The first-order valence-corrected chi connectivity index (χ1v) is 8.25. The molecule has 25 heavy (non-hydrogen) atoms. The number of anilines is 3. The highest BCUT2D eigenvalue weighted by atomic mass is 35.5. The lowest BCUT2D eigenvalue weighted by Gasteiger charge is -2.18. The van der Waals surface area contributed by atoms with Crippen LogP contribution in [-0.2, 0) is 0 Å². The minimum atomic E-state index is -0.0977. The first kappa shape index (κ1) is 17.0. The van der Waals surface area contributed by atoms with Crippen molar-refractivity contribution in [1.82, 2.24) is 4.98 Å². The number of carbonyl (C=O) groups excluding carboxylic acids is 1. The van der Waals surface area contributed by atoms with Gasteiger partial charge in [-0.25, -0.2) is 4.98 Å². The van der Waals surface area contributed by atoms with Crippen molar-refractivity contribution < 1.29 is 4.79 Å². The van der Waals surface area contributed by atoms with Gasteiger partial charge in [0.1, 0.15) is 5.82 Å². The van der Waals surface area contributed by atoms with E-state index in [-0.39, 0.29) is 5.91 Å². The second-order valence-electron chi connectivity index (χ2n) is 5.71. The van der Waals surface area contributed by atoms with Crippen molar-refractivity contribution >= 4 is 34.7 Å². The van der Waals surface area contributed by atoms with Crippen LogP contribution in [-0.4, -0.2) is 17.9 Å². The van der Waals surface area contributed by atoms with E-state index in [0.717, 1.165) is 16.9 Å². The summed E-state index contributed by atoms with van der Waals surface area (Å²) in [6.45, 7) is 1.98. The Hall–Kier alpha value is -2.85. The summed E-state index contributed by atoms with van der Waals surface area (Å²) in [5.74, 6) is 0.497. The minimum absolute atomic E-state index is 0.0977. The molecule has 0 bridgehead atoms. The van der Waals surface area contributed by atoms with Gasteiger partial charge < -0.3 is 10.2 Å². The van der Waals surface area contributed by atoms with Gasteiger partial charge in [-0.2, -0.15) is 0 Å². The molecule has 0 fully saturated rings. The number of hydrogen-bond acceptors (Lipinski definition) is 3. The van der Waals surface area contributed by atoms with Crippen LogP contribution in [0.15, 0.2) is 66.9 Å². The number of rotatable bonds is 4. The predicted molar refractivity (Wildman–Crippen MR) is 103 cm³/mol. The molecule has 0 saturated carbocycles. The summed E-state index contributed by atoms with van der Waals surface area (Å²) in [5, 5.41) is 3.86. The Labute approximate surface area is 152 Å². The van der Waals surface area contributed by atoms with Crippen LogP contribution in [0.5, 0.6) is 0 Å². The van der Waals surface area contributed by atoms with E-state index in [0.29, 0.717) is 16.4 Å². The molecule has 1 heterocycles. The molecule has 0 aliphatic carbocycles. The van der Waals surface area contributed by atoms with Crippen molar-refractivity contribution in [3.05, 3.63) is 83.0 Å².